The molecule has 0 N–H and O–H groups in total. The summed E-state index contributed by atoms with van der Waals surface area (Å²) in [5, 5.41) is 0. The van der Waals surface area contributed by atoms with E-state index in [1.54, 1.807) is 41.5 Å². The van der Waals surface area contributed by atoms with E-state index in [0.29, 0.717) is 18.5 Å². The molecule has 0 aromatic carbocycles. The Kier molecular flexibility index (Phi) is 23.1. The zero-order valence-electron chi connectivity index (χ0n) is 19.3. The molecular formula is C18H42AlO6P3. The van der Waals surface area contributed by atoms with Gasteiger partial charge in [-0.25, -0.2) is 0 Å². The summed E-state index contributed by atoms with van der Waals surface area (Å²) in [6, 6.07) is 0. The normalized spacial score (nSPS) is 17.2. The number of rotatable bonds is 9. The maximum Gasteiger partial charge on any atom is 3.00 e. The molecule has 10 heteroatoms. The van der Waals surface area contributed by atoms with Gasteiger partial charge in [-0.15, -0.1) is 0 Å². The Morgan fingerprint density at radius 3 is 0.714 bits per heavy atom. The first-order valence-corrected chi connectivity index (χ1v) is 15.5. The Morgan fingerprint density at radius 1 is 0.536 bits per heavy atom. The first-order chi connectivity index (χ1) is 12.0. The molecule has 0 spiro atoms. The molecule has 0 aliphatic heterocycles. The summed E-state index contributed by atoms with van der Waals surface area (Å²) in [4.78, 5) is 32.9. The summed E-state index contributed by atoms with van der Waals surface area (Å²) in [7, 11) is -9.04. The van der Waals surface area contributed by atoms with E-state index in [-0.39, 0.29) is 34.3 Å². The third-order valence-electron chi connectivity index (χ3n) is 3.97. The molecule has 0 saturated carbocycles. The van der Waals surface area contributed by atoms with Crippen LogP contribution in [0.3, 0.4) is 0 Å². The second-order valence-corrected chi connectivity index (χ2v) is 16.4. The molecule has 28 heavy (non-hydrogen) atoms. The molecule has 3 atom stereocenters. The van der Waals surface area contributed by atoms with Crippen molar-refractivity contribution in [2.75, 3.05) is 18.5 Å². The van der Waals surface area contributed by atoms with Crippen molar-refractivity contribution in [3.8, 4) is 0 Å². The zero-order valence-corrected chi connectivity index (χ0v) is 23.2. The SMILES string of the molecule is CCCP(=O)([O-])C(C)C.CCCP(=O)([O-])C(C)C.CCCP(=O)([O-])C(C)C.[Al+3]. The van der Waals surface area contributed by atoms with E-state index in [9.17, 15) is 28.4 Å². The van der Waals surface area contributed by atoms with E-state index >= 15 is 0 Å². The summed E-state index contributed by atoms with van der Waals surface area (Å²) in [5.74, 6) is 0. The van der Waals surface area contributed by atoms with Crippen molar-refractivity contribution in [1.29, 1.82) is 0 Å². The van der Waals surface area contributed by atoms with Crippen molar-refractivity contribution in [2.24, 2.45) is 0 Å². The molecule has 0 amide bonds. The molecule has 0 radical (unpaired) electrons. The molecular weight excluding hydrogens is 432 g/mol. The number of hydrogen-bond acceptors (Lipinski definition) is 6. The summed E-state index contributed by atoms with van der Waals surface area (Å²) >= 11 is 0. The van der Waals surface area contributed by atoms with E-state index in [4.69, 9.17) is 0 Å². The number of hydrogen-bond donors (Lipinski definition) is 0. The summed E-state index contributed by atoms with van der Waals surface area (Å²) < 4.78 is 32.9. The van der Waals surface area contributed by atoms with Crippen molar-refractivity contribution >= 4 is 39.5 Å². The fourth-order valence-corrected chi connectivity index (χ4v) is 5.13. The predicted molar refractivity (Wildman–Crippen MR) is 119 cm³/mol. The predicted octanol–water partition coefficient (Wildman–Crippen LogP) is 3.95. The summed E-state index contributed by atoms with van der Waals surface area (Å²) in [6.07, 6.45) is 3.26. The Morgan fingerprint density at radius 2 is 0.679 bits per heavy atom. The van der Waals surface area contributed by atoms with Crippen LogP contribution in [0.5, 0.6) is 0 Å². The average molecular weight is 474 g/mol. The molecule has 0 bridgehead atoms. The first-order valence-electron chi connectivity index (χ1n) is 9.90. The van der Waals surface area contributed by atoms with Gasteiger partial charge in [0.05, 0.1) is 0 Å². The standard InChI is InChI=1S/3C6H15O2P.Al/c3*1-4-5-9(7,8)6(2)3;/h3*6H,4-5H2,1-3H3,(H,7,8);/q;;;+3/p-3. The third kappa shape index (κ3) is 19.1. The van der Waals surface area contributed by atoms with Crippen molar-refractivity contribution < 1.29 is 28.4 Å². The van der Waals surface area contributed by atoms with Crippen LogP contribution in [-0.2, 0) is 13.7 Å². The van der Waals surface area contributed by atoms with Gasteiger partial charge in [0.1, 0.15) is 0 Å². The van der Waals surface area contributed by atoms with Crippen molar-refractivity contribution in [1.82, 2.24) is 0 Å². The minimum absolute atomic E-state index is 0. The van der Waals surface area contributed by atoms with Crippen molar-refractivity contribution in [2.45, 2.75) is 98.6 Å². The molecule has 0 rings (SSSR count). The van der Waals surface area contributed by atoms with Crippen LogP contribution >= 0.6 is 22.1 Å². The fourth-order valence-electron chi connectivity index (χ4n) is 1.71. The van der Waals surface area contributed by atoms with E-state index < -0.39 is 22.1 Å². The van der Waals surface area contributed by atoms with E-state index in [0.717, 1.165) is 19.3 Å². The van der Waals surface area contributed by atoms with Crippen LogP contribution < -0.4 is 14.7 Å². The van der Waals surface area contributed by atoms with Gasteiger partial charge in [-0.3, -0.25) is 0 Å². The molecule has 0 aliphatic carbocycles. The van der Waals surface area contributed by atoms with Gasteiger partial charge in [-0.2, -0.15) is 0 Å². The molecule has 3 unspecified atom stereocenters. The van der Waals surface area contributed by atoms with E-state index in [2.05, 4.69) is 0 Å². The van der Waals surface area contributed by atoms with Gasteiger partial charge >= 0.3 is 17.4 Å². The quantitative estimate of drug-likeness (QED) is 0.369. The van der Waals surface area contributed by atoms with Crippen LogP contribution in [0.1, 0.15) is 81.6 Å². The molecule has 0 fully saturated rings. The van der Waals surface area contributed by atoms with Gasteiger partial charge < -0.3 is 28.4 Å². The second-order valence-electron chi connectivity index (χ2n) is 7.63. The van der Waals surface area contributed by atoms with Crippen LogP contribution in [0.4, 0.5) is 0 Å². The van der Waals surface area contributed by atoms with E-state index in [1.165, 1.54) is 0 Å². The smallest absolute Gasteiger partial charge is 0.799 e. The maximum atomic E-state index is 11.0. The van der Waals surface area contributed by atoms with Gasteiger partial charge in [0.2, 0.25) is 0 Å². The zero-order chi connectivity index (χ0) is 22.5. The Labute approximate surface area is 184 Å². The average Bonchev–Trinajstić information content (AvgIpc) is 2.48. The molecule has 0 aliphatic rings. The van der Waals surface area contributed by atoms with Gasteiger partial charge in [0, 0.05) is 22.1 Å². The first kappa shape index (κ1) is 36.5. The molecule has 0 aromatic rings. The summed E-state index contributed by atoms with van der Waals surface area (Å²) in [5.41, 5.74) is -0.549. The van der Waals surface area contributed by atoms with Crippen molar-refractivity contribution in [3.05, 3.63) is 0 Å². The maximum absolute atomic E-state index is 11.0. The molecule has 6 nitrogen and oxygen atoms in total. The molecule has 168 valence electrons. The van der Waals surface area contributed by atoms with Crippen LogP contribution in [0.25, 0.3) is 0 Å². The van der Waals surface area contributed by atoms with Gasteiger partial charge in [-0.05, 0) is 35.5 Å². The fraction of sp³-hybridized carbons (Fsp3) is 1.00. The van der Waals surface area contributed by atoms with Crippen LogP contribution in [0.15, 0.2) is 0 Å². The Bertz CT molecular complexity index is 438. The van der Waals surface area contributed by atoms with Gasteiger partial charge in [-0.1, -0.05) is 81.6 Å². The largest absolute Gasteiger partial charge is 3.00 e. The van der Waals surface area contributed by atoms with Crippen molar-refractivity contribution in [3.63, 3.8) is 0 Å². The van der Waals surface area contributed by atoms with Crippen LogP contribution in [0.2, 0.25) is 0 Å². The Hall–Kier alpha value is 1.10. The van der Waals surface area contributed by atoms with Crippen LogP contribution in [-0.4, -0.2) is 52.8 Å². The van der Waals surface area contributed by atoms with Gasteiger partial charge in [0.25, 0.3) is 0 Å². The second kappa shape index (κ2) is 17.7. The molecule has 0 aromatic heterocycles. The minimum atomic E-state index is -3.01. The van der Waals surface area contributed by atoms with E-state index in [1.807, 2.05) is 20.8 Å². The monoisotopic (exact) mass is 474 g/mol. The molecule has 0 saturated heterocycles. The van der Waals surface area contributed by atoms with Crippen LogP contribution in [0, 0.1) is 0 Å². The Balaban J connectivity index is -0.000000152. The third-order valence-corrected chi connectivity index (χ3v) is 11.9. The summed E-state index contributed by atoms with van der Waals surface area (Å²) in [6.45, 7) is 16.0. The topological polar surface area (TPSA) is 120 Å². The molecule has 0 heterocycles. The minimum Gasteiger partial charge on any atom is -0.799 e. The van der Waals surface area contributed by atoms with Gasteiger partial charge in [0.15, 0.2) is 0 Å².